The van der Waals surface area contributed by atoms with Gasteiger partial charge in [-0.1, -0.05) is 31.5 Å². The van der Waals surface area contributed by atoms with Gasteiger partial charge in [0.05, 0.1) is 23.2 Å². The number of ether oxygens (including phenoxy) is 1. The standard InChI is InChI=1S/C24H28ClN3O4/c1-4-27(5-2)12-13-28-21(17-8-7-11-26-15-17)20(23(30)24(28)31)22(29)16-9-10-18(25)19(14-16)32-6-3/h7-11,14-15,21,29H,4-6,12-13H2,1-3H3/b22-20-. The first-order valence-corrected chi connectivity index (χ1v) is 11.1. The van der Waals surface area contributed by atoms with E-state index in [9.17, 15) is 14.7 Å². The molecule has 2 heterocycles. The molecule has 1 unspecified atom stereocenters. The molecule has 8 heteroatoms. The first kappa shape index (κ1) is 23.8. The highest BCUT2D eigenvalue weighted by Gasteiger charge is 2.46. The second-order valence-electron chi connectivity index (χ2n) is 7.38. The van der Waals surface area contributed by atoms with Crippen molar-refractivity contribution in [2.24, 2.45) is 0 Å². The van der Waals surface area contributed by atoms with Crippen LogP contribution in [0.4, 0.5) is 0 Å². The molecule has 0 saturated carbocycles. The predicted octanol–water partition coefficient (Wildman–Crippen LogP) is 3.90. The number of ketones is 1. The minimum absolute atomic E-state index is 0.0346. The number of likely N-dealkylation sites (N-methyl/N-ethyl adjacent to an activating group) is 1. The summed E-state index contributed by atoms with van der Waals surface area (Å²) in [6.45, 7) is 8.97. The lowest BCUT2D eigenvalue weighted by molar-refractivity contribution is -0.140. The van der Waals surface area contributed by atoms with Gasteiger partial charge in [0, 0.05) is 31.0 Å². The molecule has 1 aromatic carbocycles. The molecule has 0 radical (unpaired) electrons. The molecule has 1 saturated heterocycles. The van der Waals surface area contributed by atoms with Gasteiger partial charge < -0.3 is 19.6 Å². The van der Waals surface area contributed by atoms with Crippen LogP contribution < -0.4 is 4.74 Å². The molecule has 1 atom stereocenters. The molecule has 0 aliphatic carbocycles. The lowest BCUT2D eigenvalue weighted by atomic mass is 9.96. The van der Waals surface area contributed by atoms with Gasteiger partial charge in [0.15, 0.2) is 0 Å². The van der Waals surface area contributed by atoms with Crippen molar-refractivity contribution in [2.75, 3.05) is 32.8 Å². The lowest BCUT2D eigenvalue weighted by Gasteiger charge is -2.28. The van der Waals surface area contributed by atoms with Crippen molar-refractivity contribution in [2.45, 2.75) is 26.8 Å². The first-order valence-electron chi connectivity index (χ1n) is 10.8. The number of aromatic nitrogens is 1. The molecule has 7 nitrogen and oxygen atoms in total. The molecule has 170 valence electrons. The number of nitrogens with zero attached hydrogens (tertiary/aromatic N) is 3. The predicted molar refractivity (Wildman–Crippen MR) is 124 cm³/mol. The van der Waals surface area contributed by atoms with E-state index < -0.39 is 17.7 Å². The molecule has 1 aromatic heterocycles. The number of amides is 1. The van der Waals surface area contributed by atoms with E-state index in [0.29, 0.717) is 41.6 Å². The lowest BCUT2D eigenvalue weighted by Crippen LogP contribution is -2.38. The van der Waals surface area contributed by atoms with Crippen molar-refractivity contribution in [1.82, 2.24) is 14.8 Å². The number of benzene rings is 1. The normalized spacial score (nSPS) is 17.9. The third kappa shape index (κ3) is 4.79. The summed E-state index contributed by atoms with van der Waals surface area (Å²) < 4.78 is 5.52. The minimum Gasteiger partial charge on any atom is -0.507 e. The van der Waals surface area contributed by atoms with Crippen LogP contribution in [0.3, 0.4) is 0 Å². The Morgan fingerprint density at radius 2 is 1.97 bits per heavy atom. The molecule has 3 rings (SSSR count). The quantitative estimate of drug-likeness (QED) is 0.349. The zero-order chi connectivity index (χ0) is 23.3. The Labute approximate surface area is 193 Å². The Morgan fingerprint density at radius 1 is 1.22 bits per heavy atom. The summed E-state index contributed by atoms with van der Waals surface area (Å²) in [6.07, 6.45) is 3.24. The number of hydrogen-bond donors (Lipinski definition) is 1. The number of carbonyl (C=O) groups is 2. The molecule has 1 fully saturated rings. The SMILES string of the molecule is CCOc1cc(/C(O)=C2/C(=O)C(=O)N(CCN(CC)CC)C2c2cccnc2)ccc1Cl. The fourth-order valence-corrected chi connectivity index (χ4v) is 4.03. The van der Waals surface area contributed by atoms with Crippen LogP contribution in [0.5, 0.6) is 5.75 Å². The van der Waals surface area contributed by atoms with E-state index in [2.05, 4.69) is 9.88 Å². The monoisotopic (exact) mass is 457 g/mol. The molecule has 1 amide bonds. The maximum absolute atomic E-state index is 13.1. The topological polar surface area (TPSA) is 83.0 Å². The molecule has 1 aliphatic rings. The van der Waals surface area contributed by atoms with E-state index in [1.54, 1.807) is 42.7 Å². The average molecular weight is 458 g/mol. The molecule has 1 N–H and O–H groups in total. The zero-order valence-corrected chi connectivity index (χ0v) is 19.3. The highest BCUT2D eigenvalue weighted by molar-refractivity contribution is 6.46. The van der Waals surface area contributed by atoms with Gasteiger partial charge in [0.2, 0.25) is 0 Å². The summed E-state index contributed by atoms with van der Waals surface area (Å²) in [5, 5.41) is 11.6. The highest BCUT2D eigenvalue weighted by Crippen LogP contribution is 2.40. The number of Topliss-reactive ketones (excluding diaryl/α,β-unsaturated/α-hetero) is 1. The second-order valence-corrected chi connectivity index (χ2v) is 7.79. The summed E-state index contributed by atoms with van der Waals surface area (Å²) in [5.41, 5.74) is 1.05. The Balaban J connectivity index is 2.09. The van der Waals surface area contributed by atoms with E-state index in [1.807, 2.05) is 20.8 Å². The summed E-state index contributed by atoms with van der Waals surface area (Å²) in [4.78, 5) is 33.9. The van der Waals surface area contributed by atoms with Gasteiger partial charge >= 0.3 is 0 Å². The van der Waals surface area contributed by atoms with Crippen LogP contribution in [0.1, 0.15) is 37.9 Å². The smallest absolute Gasteiger partial charge is 0.295 e. The van der Waals surface area contributed by atoms with Crippen LogP contribution in [0.15, 0.2) is 48.3 Å². The third-order valence-electron chi connectivity index (χ3n) is 5.60. The van der Waals surface area contributed by atoms with Crippen molar-refractivity contribution in [1.29, 1.82) is 0 Å². The Hall–Kier alpha value is -2.90. The molecule has 2 aromatic rings. The summed E-state index contributed by atoms with van der Waals surface area (Å²) in [7, 11) is 0. The van der Waals surface area contributed by atoms with Gasteiger partial charge in [-0.15, -0.1) is 0 Å². The largest absolute Gasteiger partial charge is 0.507 e. The third-order valence-corrected chi connectivity index (χ3v) is 5.91. The van der Waals surface area contributed by atoms with Gasteiger partial charge in [-0.2, -0.15) is 0 Å². The van der Waals surface area contributed by atoms with Gasteiger partial charge in [-0.25, -0.2) is 0 Å². The number of likely N-dealkylation sites (tertiary alicyclic amines) is 1. The van der Waals surface area contributed by atoms with E-state index in [4.69, 9.17) is 16.3 Å². The van der Waals surface area contributed by atoms with Gasteiger partial charge in [-0.3, -0.25) is 14.6 Å². The first-order chi connectivity index (χ1) is 15.4. The summed E-state index contributed by atoms with van der Waals surface area (Å²) in [5.74, 6) is -1.22. The molecule has 0 spiro atoms. The molecular formula is C24H28ClN3O4. The van der Waals surface area contributed by atoms with E-state index in [-0.39, 0.29) is 11.3 Å². The van der Waals surface area contributed by atoms with Crippen LogP contribution in [0, 0.1) is 0 Å². The van der Waals surface area contributed by atoms with Gasteiger partial charge in [-0.05, 0) is 49.8 Å². The van der Waals surface area contributed by atoms with Crippen LogP contribution in [-0.2, 0) is 9.59 Å². The van der Waals surface area contributed by atoms with Crippen LogP contribution >= 0.6 is 11.6 Å². The molecule has 1 aliphatic heterocycles. The van der Waals surface area contributed by atoms with Gasteiger partial charge in [0.1, 0.15) is 11.5 Å². The summed E-state index contributed by atoms with van der Waals surface area (Å²) >= 11 is 6.17. The Bertz CT molecular complexity index is 1010. The fourth-order valence-electron chi connectivity index (χ4n) is 3.86. The minimum atomic E-state index is -0.731. The van der Waals surface area contributed by atoms with E-state index >= 15 is 0 Å². The molecule has 0 bridgehead atoms. The second kappa shape index (κ2) is 10.6. The number of rotatable bonds is 9. The zero-order valence-electron chi connectivity index (χ0n) is 18.5. The Kier molecular flexibility index (Phi) is 7.88. The van der Waals surface area contributed by atoms with Crippen molar-refractivity contribution in [3.63, 3.8) is 0 Å². The van der Waals surface area contributed by atoms with E-state index in [1.165, 1.54) is 4.90 Å². The van der Waals surface area contributed by atoms with Crippen molar-refractivity contribution in [3.8, 4) is 5.75 Å². The Morgan fingerprint density at radius 3 is 2.59 bits per heavy atom. The number of pyridine rings is 1. The van der Waals surface area contributed by atoms with Gasteiger partial charge in [0.25, 0.3) is 11.7 Å². The molecule has 32 heavy (non-hydrogen) atoms. The maximum atomic E-state index is 13.1. The fraction of sp³-hybridized carbons (Fsp3) is 0.375. The van der Waals surface area contributed by atoms with Crippen molar-refractivity contribution < 1.29 is 19.4 Å². The van der Waals surface area contributed by atoms with Crippen LogP contribution in [0.25, 0.3) is 5.76 Å². The maximum Gasteiger partial charge on any atom is 0.295 e. The average Bonchev–Trinajstić information content (AvgIpc) is 3.06. The number of hydrogen-bond acceptors (Lipinski definition) is 6. The van der Waals surface area contributed by atoms with Crippen LogP contribution in [0.2, 0.25) is 5.02 Å². The number of halogens is 1. The number of carbonyl (C=O) groups excluding carboxylic acids is 2. The number of aliphatic hydroxyl groups excluding tert-OH is 1. The summed E-state index contributed by atoms with van der Waals surface area (Å²) in [6, 6.07) is 7.58. The van der Waals surface area contributed by atoms with Crippen molar-refractivity contribution >= 4 is 29.1 Å². The van der Waals surface area contributed by atoms with E-state index in [0.717, 1.165) is 13.1 Å². The van der Waals surface area contributed by atoms with Crippen molar-refractivity contribution in [3.05, 3.63) is 64.4 Å². The van der Waals surface area contributed by atoms with Crippen LogP contribution in [-0.4, -0.2) is 64.4 Å². The number of aliphatic hydroxyl groups is 1. The highest BCUT2D eigenvalue weighted by atomic mass is 35.5. The molecular weight excluding hydrogens is 430 g/mol.